The maximum Gasteiger partial charge on any atom is 0.207 e. The van der Waals surface area contributed by atoms with Crippen molar-refractivity contribution in [3.63, 3.8) is 0 Å². The highest BCUT2D eigenvalue weighted by Gasteiger charge is 2.12. The van der Waals surface area contributed by atoms with Gasteiger partial charge < -0.3 is 5.73 Å². The van der Waals surface area contributed by atoms with Crippen LogP contribution in [0.4, 0.5) is 5.95 Å². The number of halogens is 2. The summed E-state index contributed by atoms with van der Waals surface area (Å²) in [6.07, 6.45) is 0. The highest BCUT2D eigenvalue weighted by atomic mass is 79.9. The highest BCUT2D eigenvalue weighted by molar-refractivity contribution is 9.10. The Labute approximate surface area is 123 Å². The lowest BCUT2D eigenvalue weighted by molar-refractivity contribution is 1.07. The number of aromatic nitrogens is 3. The van der Waals surface area contributed by atoms with Crippen molar-refractivity contribution in [2.75, 3.05) is 5.73 Å². The van der Waals surface area contributed by atoms with Gasteiger partial charge in [0, 0.05) is 10.2 Å². The summed E-state index contributed by atoms with van der Waals surface area (Å²) < 4.78 is 2.62. The molecule has 3 aromatic rings. The first-order chi connectivity index (χ1) is 9.06. The predicted molar refractivity (Wildman–Crippen MR) is 80.7 cm³/mol. The molecule has 0 unspecified atom stereocenters. The van der Waals surface area contributed by atoms with Crippen LogP contribution >= 0.6 is 27.5 Å². The summed E-state index contributed by atoms with van der Waals surface area (Å²) in [5, 5.41) is 0.649. The standard InChI is InChI=1S/C13H10BrClN4/c1-7-2-5-11-12(17-7)19(13(16)18-11)8-3-4-10(15)9(14)6-8/h2-6H,1H3,(H2,16,18). The average Bonchev–Trinajstić information content (AvgIpc) is 2.68. The van der Waals surface area contributed by atoms with Gasteiger partial charge in [-0.25, -0.2) is 9.97 Å². The van der Waals surface area contributed by atoms with Gasteiger partial charge in [0.25, 0.3) is 0 Å². The molecule has 19 heavy (non-hydrogen) atoms. The number of fused-ring (bicyclic) bond motifs is 1. The van der Waals surface area contributed by atoms with Gasteiger partial charge >= 0.3 is 0 Å². The largest absolute Gasteiger partial charge is 0.369 e. The molecule has 0 saturated carbocycles. The quantitative estimate of drug-likeness (QED) is 0.736. The Kier molecular flexibility index (Phi) is 2.95. The van der Waals surface area contributed by atoms with Crippen LogP contribution in [0.2, 0.25) is 5.02 Å². The Bertz CT molecular complexity index is 782. The molecule has 0 amide bonds. The second-order valence-electron chi connectivity index (χ2n) is 4.20. The summed E-state index contributed by atoms with van der Waals surface area (Å²) >= 11 is 9.41. The van der Waals surface area contributed by atoms with Gasteiger partial charge in [0.1, 0.15) is 5.52 Å². The number of nitrogens with two attached hydrogens (primary N) is 1. The molecule has 2 heterocycles. The summed E-state index contributed by atoms with van der Waals surface area (Å²) in [6, 6.07) is 9.41. The van der Waals surface area contributed by atoms with Crippen LogP contribution < -0.4 is 5.73 Å². The Morgan fingerprint density at radius 2 is 2.00 bits per heavy atom. The zero-order valence-corrected chi connectivity index (χ0v) is 12.4. The lowest BCUT2D eigenvalue weighted by Gasteiger charge is -2.07. The van der Waals surface area contributed by atoms with Gasteiger partial charge in [-0.05, 0) is 53.2 Å². The van der Waals surface area contributed by atoms with E-state index in [-0.39, 0.29) is 0 Å². The molecule has 6 heteroatoms. The van der Waals surface area contributed by atoms with Crippen LogP contribution in [0.1, 0.15) is 5.69 Å². The van der Waals surface area contributed by atoms with Gasteiger partial charge in [0.2, 0.25) is 5.95 Å². The normalized spacial score (nSPS) is 11.1. The van der Waals surface area contributed by atoms with E-state index in [2.05, 4.69) is 25.9 Å². The summed E-state index contributed by atoms with van der Waals surface area (Å²) in [6.45, 7) is 1.94. The minimum absolute atomic E-state index is 0.405. The molecule has 0 spiro atoms. The number of imidazole rings is 1. The van der Waals surface area contributed by atoms with Crippen LogP contribution in [0.3, 0.4) is 0 Å². The molecule has 1 aromatic carbocycles. The molecule has 0 saturated heterocycles. The van der Waals surface area contributed by atoms with Gasteiger partial charge in [-0.15, -0.1) is 0 Å². The molecule has 2 N–H and O–H groups in total. The minimum atomic E-state index is 0.405. The fourth-order valence-corrected chi connectivity index (χ4v) is 2.43. The topological polar surface area (TPSA) is 56.7 Å². The number of aryl methyl sites for hydroxylation is 1. The third-order valence-corrected chi connectivity index (χ3v) is 4.04. The number of anilines is 1. The molecule has 0 fully saturated rings. The highest BCUT2D eigenvalue weighted by Crippen LogP contribution is 2.28. The smallest absolute Gasteiger partial charge is 0.207 e. The zero-order chi connectivity index (χ0) is 13.6. The van der Waals surface area contributed by atoms with Crippen molar-refractivity contribution in [2.45, 2.75) is 6.92 Å². The lowest BCUT2D eigenvalue weighted by Crippen LogP contribution is -2.01. The van der Waals surface area contributed by atoms with Gasteiger partial charge in [0.15, 0.2) is 5.65 Å². The van der Waals surface area contributed by atoms with Crippen molar-refractivity contribution in [3.05, 3.63) is 45.5 Å². The summed E-state index contributed by atoms with van der Waals surface area (Å²) in [5.41, 5.74) is 9.29. The molecule has 96 valence electrons. The zero-order valence-electron chi connectivity index (χ0n) is 10.1. The fraction of sp³-hybridized carbons (Fsp3) is 0.0769. The van der Waals surface area contributed by atoms with Crippen molar-refractivity contribution >= 4 is 44.6 Å². The lowest BCUT2D eigenvalue weighted by atomic mass is 10.3. The second kappa shape index (κ2) is 4.51. The van der Waals surface area contributed by atoms with Crippen LogP contribution in [0.15, 0.2) is 34.8 Å². The average molecular weight is 338 g/mol. The Morgan fingerprint density at radius 3 is 2.74 bits per heavy atom. The Hall–Kier alpha value is -1.59. The number of nitrogen functional groups attached to an aromatic ring is 1. The number of rotatable bonds is 1. The van der Waals surface area contributed by atoms with Gasteiger partial charge in [-0.2, -0.15) is 0 Å². The van der Waals surface area contributed by atoms with Crippen molar-refractivity contribution < 1.29 is 0 Å². The van der Waals surface area contributed by atoms with E-state index in [1.165, 1.54) is 0 Å². The number of hydrogen-bond donors (Lipinski definition) is 1. The monoisotopic (exact) mass is 336 g/mol. The van der Waals surface area contributed by atoms with Crippen molar-refractivity contribution in [1.82, 2.24) is 14.5 Å². The molecular formula is C13H10BrClN4. The van der Waals surface area contributed by atoms with Gasteiger partial charge in [0.05, 0.1) is 10.7 Å². The first-order valence-corrected chi connectivity index (χ1v) is 6.80. The van der Waals surface area contributed by atoms with E-state index in [0.717, 1.165) is 27.0 Å². The van der Waals surface area contributed by atoms with E-state index in [4.69, 9.17) is 17.3 Å². The Morgan fingerprint density at radius 1 is 1.21 bits per heavy atom. The van der Waals surface area contributed by atoms with Crippen molar-refractivity contribution in [2.24, 2.45) is 0 Å². The van der Waals surface area contributed by atoms with E-state index in [0.29, 0.717) is 11.0 Å². The SMILES string of the molecule is Cc1ccc2nc(N)n(-c3ccc(Cl)c(Br)c3)c2n1. The number of benzene rings is 1. The number of hydrogen-bond acceptors (Lipinski definition) is 3. The van der Waals surface area contributed by atoms with Gasteiger partial charge in [-0.3, -0.25) is 4.57 Å². The molecule has 0 aliphatic carbocycles. The minimum Gasteiger partial charge on any atom is -0.369 e. The molecule has 0 atom stereocenters. The number of nitrogens with zero attached hydrogens (tertiary/aromatic N) is 3. The molecular weight excluding hydrogens is 328 g/mol. The van der Waals surface area contributed by atoms with E-state index in [9.17, 15) is 0 Å². The summed E-state index contributed by atoms with van der Waals surface area (Å²) in [5.74, 6) is 0.405. The molecule has 4 nitrogen and oxygen atoms in total. The van der Waals surface area contributed by atoms with Crippen LogP contribution in [-0.2, 0) is 0 Å². The molecule has 0 radical (unpaired) electrons. The molecule has 2 aromatic heterocycles. The van der Waals surface area contributed by atoms with Crippen molar-refractivity contribution in [3.8, 4) is 5.69 Å². The molecule has 0 bridgehead atoms. The van der Waals surface area contributed by atoms with E-state index in [1.54, 1.807) is 0 Å². The maximum absolute atomic E-state index is 6.01. The first-order valence-electron chi connectivity index (χ1n) is 5.63. The first kappa shape index (κ1) is 12.4. The van der Waals surface area contributed by atoms with Crippen LogP contribution in [0.25, 0.3) is 16.9 Å². The van der Waals surface area contributed by atoms with Crippen LogP contribution in [0.5, 0.6) is 0 Å². The van der Waals surface area contributed by atoms with Crippen LogP contribution in [0, 0.1) is 6.92 Å². The fourth-order valence-electron chi connectivity index (χ4n) is 1.95. The predicted octanol–water partition coefficient (Wildman–Crippen LogP) is 3.73. The van der Waals surface area contributed by atoms with Gasteiger partial charge in [-0.1, -0.05) is 11.6 Å². The Balaban J connectivity index is 2.31. The van der Waals surface area contributed by atoms with Crippen molar-refractivity contribution in [1.29, 1.82) is 0 Å². The van der Waals surface area contributed by atoms with E-state index >= 15 is 0 Å². The third kappa shape index (κ3) is 2.09. The van der Waals surface area contributed by atoms with E-state index in [1.807, 2.05) is 41.8 Å². The van der Waals surface area contributed by atoms with Crippen LogP contribution in [-0.4, -0.2) is 14.5 Å². The third-order valence-electron chi connectivity index (χ3n) is 2.83. The van der Waals surface area contributed by atoms with E-state index < -0.39 is 0 Å². The molecule has 3 rings (SSSR count). The molecule has 0 aliphatic heterocycles. The molecule has 0 aliphatic rings. The second-order valence-corrected chi connectivity index (χ2v) is 5.46. The maximum atomic E-state index is 6.01. The summed E-state index contributed by atoms with van der Waals surface area (Å²) in [7, 11) is 0. The summed E-state index contributed by atoms with van der Waals surface area (Å²) in [4.78, 5) is 8.81. The number of pyridine rings is 1.